The zero-order chi connectivity index (χ0) is 15.0. The number of carbonyl (C=O) groups excluding carboxylic acids is 1. The van der Waals surface area contributed by atoms with Gasteiger partial charge in [-0.25, -0.2) is 4.39 Å². The van der Waals surface area contributed by atoms with Crippen molar-refractivity contribution >= 4 is 21.8 Å². The first-order valence-electron chi connectivity index (χ1n) is 6.57. The van der Waals surface area contributed by atoms with Gasteiger partial charge in [-0.05, 0) is 29.8 Å². The molecule has 0 saturated heterocycles. The topological polar surface area (TPSA) is 20.3 Å². The maximum atomic E-state index is 13.4. The van der Waals surface area contributed by atoms with E-state index in [0.29, 0.717) is 5.56 Å². The number of fused-ring (bicyclic) bond motifs is 1. The third kappa shape index (κ3) is 2.51. The molecule has 3 rings (SSSR count). The zero-order valence-electron chi connectivity index (χ0n) is 11.4. The summed E-state index contributed by atoms with van der Waals surface area (Å²) in [7, 11) is 1.74. The molecule has 21 heavy (non-hydrogen) atoms. The molecular formula is C17H13BrFNO. The molecule has 1 unspecified atom stereocenters. The Morgan fingerprint density at radius 3 is 2.76 bits per heavy atom. The van der Waals surface area contributed by atoms with Crippen LogP contribution in [0.2, 0.25) is 0 Å². The van der Waals surface area contributed by atoms with Crippen LogP contribution in [0.25, 0.3) is 0 Å². The number of amides is 1. The Labute approximate surface area is 131 Å². The number of allylic oxidation sites excluding steroid dienone is 5. The smallest absolute Gasteiger partial charge is 0.238 e. The quantitative estimate of drug-likeness (QED) is 0.752. The normalized spacial score (nSPS) is 21.3. The third-order valence-electron chi connectivity index (χ3n) is 3.64. The molecule has 1 heterocycles. The van der Waals surface area contributed by atoms with Crippen LogP contribution in [0, 0.1) is 5.82 Å². The maximum absolute atomic E-state index is 13.4. The second-order valence-electron chi connectivity index (χ2n) is 4.96. The first kappa shape index (κ1) is 14.0. The van der Waals surface area contributed by atoms with Gasteiger partial charge in [0, 0.05) is 17.1 Å². The molecule has 0 bridgehead atoms. The molecule has 1 aliphatic carbocycles. The molecule has 1 atom stereocenters. The fourth-order valence-corrected chi connectivity index (χ4v) is 3.04. The van der Waals surface area contributed by atoms with Crippen molar-refractivity contribution < 1.29 is 9.18 Å². The molecule has 0 radical (unpaired) electrons. The third-order valence-corrected chi connectivity index (χ3v) is 4.33. The lowest BCUT2D eigenvalue weighted by atomic mass is 9.90. The van der Waals surface area contributed by atoms with Crippen LogP contribution in [0.1, 0.15) is 11.5 Å². The van der Waals surface area contributed by atoms with E-state index >= 15 is 0 Å². The molecule has 0 fully saturated rings. The van der Waals surface area contributed by atoms with Crippen molar-refractivity contribution in [1.82, 2.24) is 4.90 Å². The highest BCUT2D eigenvalue weighted by atomic mass is 79.9. The molecule has 106 valence electrons. The Hall–Kier alpha value is -1.94. The minimum atomic E-state index is -0.475. The van der Waals surface area contributed by atoms with Crippen LogP contribution in [0.15, 0.2) is 70.4 Å². The number of rotatable bonds is 1. The van der Waals surface area contributed by atoms with Crippen molar-refractivity contribution in [2.45, 2.75) is 5.92 Å². The van der Waals surface area contributed by atoms with Crippen LogP contribution in [0.5, 0.6) is 0 Å². The van der Waals surface area contributed by atoms with Gasteiger partial charge in [0.05, 0.1) is 11.6 Å². The largest absolute Gasteiger partial charge is 0.314 e. The van der Waals surface area contributed by atoms with Crippen molar-refractivity contribution in [3.05, 3.63) is 81.8 Å². The van der Waals surface area contributed by atoms with Crippen LogP contribution in [-0.4, -0.2) is 17.9 Å². The van der Waals surface area contributed by atoms with Crippen molar-refractivity contribution in [1.29, 1.82) is 0 Å². The molecule has 1 amide bonds. The SMILES string of the molecule is CN1C(=O)C(c2cccc(F)c2)C=C2C(Br)=CC=CC=C21. The summed E-state index contributed by atoms with van der Waals surface area (Å²) in [6.07, 6.45) is 9.52. The molecule has 1 aromatic rings. The number of halogens is 2. The number of hydrogen-bond acceptors (Lipinski definition) is 1. The van der Waals surface area contributed by atoms with Gasteiger partial charge in [-0.2, -0.15) is 0 Å². The van der Waals surface area contributed by atoms with Crippen LogP contribution >= 0.6 is 15.9 Å². The van der Waals surface area contributed by atoms with Gasteiger partial charge < -0.3 is 4.90 Å². The molecule has 0 saturated carbocycles. The highest BCUT2D eigenvalue weighted by Gasteiger charge is 2.32. The second kappa shape index (κ2) is 5.45. The molecule has 2 nitrogen and oxygen atoms in total. The van der Waals surface area contributed by atoms with E-state index < -0.39 is 5.92 Å². The van der Waals surface area contributed by atoms with Crippen LogP contribution in [0.3, 0.4) is 0 Å². The zero-order valence-corrected chi connectivity index (χ0v) is 13.0. The van der Waals surface area contributed by atoms with Crippen LogP contribution in [-0.2, 0) is 4.79 Å². The minimum absolute atomic E-state index is 0.0637. The summed E-state index contributed by atoms with van der Waals surface area (Å²) in [5, 5.41) is 0. The van der Waals surface area contributed by atoms with Crippen molar-refractivity contribution in [2.24, 2.45) is 0 Å². The molecule has 0 aromatic heterocycles. The van der Waals surface area contributed by atoms with E-state index in [9.17, 15) is 9.18 Å². The summed E-state index contributed by atoms with van der Waals surface area (Å²) in [5.74, 6) is -0.872. The predicted molar refractivity (Wildman–Crippen MR) is 84.2 cm³/mol. The predicted octanol–water partition coefficient (Wildman–Crippen LogP) is 4.04. The van der Waals surface area contributed by atoms with E-state index in [-0.39, 0.29) is 11.7 Å². The Morgan fingerprint density at radius 1 is 1.24 bits per heavy atom. The van der Waals surface area contributed by atoms with E-state index in [4.69, 9.17) is 0 Å². The van der Waals surface area contributed by atoms with Gasteiger partial charge >= 0.3 is 0 Å². The van der Waals surface area contributed by atoms with E-state index in [1.165, 1.54) is 12.1 Å². The molecule has 1 aromatic carbocycles. The van der Waals surface area contributed by atoms with Gasteiger partial charge in [0.2, 0.25) is 5.91 Å². The summed E-state index contributed by atoms with van der Waals surface area (Å²) >= 11 is 3.53. The molecule has 1 aliphatic heterocycles. The lowest BCUT2D eigenvalue weighted by Gasteiger charge is -2.31. The maximum Gasteiger partial charge on any atom is 0.238 e. The van der Waals surface area contributed by atoms with Gasteiger partial charge in [-0.3, -0.25) is 4.79 Å². The number of likely N-dealkylation sites (N-methyl/N-ethyl adjacent to an activating group) is 1. The highest BCUT2D eigenvalue weighted by molar-refractivity contribution is 9.12. The summed E-state index contributed by atoms with van der Waals surface area (Å²) in [6, 6.07) is 6.19. The fraction of sp³-hybridized carbons (Fsp3) is 0.118. The molecule has 0 spiro atoms. The molecule has 2 aliphatic rings. The molecule has 4 heteroatoms. The van der Waals surface area contributed by atoms with Crippen molar-refractivity contribution in [3.8, 4) is 0 Å². The first-order chi connectivity index (χ1) is 10.1. The second-order valence-corrected chi connectivity index (χ2v) is 5.82. The van der Waals surface area contributed by atoms with Crippen LogP contribution < -0.4 is 0 Å². The standard InChI is InChI=1S/C17H13BrFNO/c1-20-16-8-3-2-7-15(18)14(16)10-13(17(20)21)11-5-4-6-12(19)9-11/h2-10,13H,1H3. The van der Waals surface area contributed by atoms with Gasteiger partial charge in [0.1, 0.15) is 5.82 Å². The van der Waals surface area contributed by atoms with Crippen molar-refractivity contribution in [2.75, 3.05) is 7.05 Å². The first-order valence-corrected chi connectivity index (χ1v) is 7.37. The Morgan fingerprint density at radius 2 is 2.00 bits per heavy atom. The number of nitrogens with zero attached hydrogens (tertiary/aromatic N) is 1. The minimum Gasteiger partial charge on any atom is -0.314 e. The molecular weight excluding hydrogens is 333 g/mol. The number of hydrogen-bond donors (Lipinski definition) is 0. The number of benzene rings is 1. The molecule has 0 N–H and O–H groups in total. The monoisotopic (exact) mass is 345 g/mol. The van der Waals surface area contributed by atoms with E-state index in [2.05, 4.69) is 15.9 Å². The Kier molecular flexibility index (Phi) is 3.64. The van der Waals surface area contributed by atoms with Gasteiger partial charge in [-0.15, -0.1) is 0 Å². The van der Waals surface area contributed by atoms with Crippen molar-refractivity contribution in [3.63, 3.8) is 0 Å². The van der Waals surface area contributed by atoms with E-state index in [1.807, 2.05) is 30.4 Å². The highest BCUT2D eigenvalue weighted by Crippen LogP contribution is 2.37. The number of carbonyl (C=O) groups is 1. The lowest BCUT2D eigenvalue weighted by Crippen LogP contribution is -2.35. The van der Waals surface area contributed by atoms with Gasteiger partial charge in [0.25, 0.3) is 0 Å². The average Bonchev–Trinajstić information content (AvgIpc) is 2.65. The fourth-order valence-electron chi connectivity index (χ4n) is 2.55. The van der Waals surface area contributed by atoms with Gasteiger partial charge in [0.15, 0.2) is 0 Å². The van der Waals surface area contributed by atoms with E-state index in [1.54, 1.807) is 24.1 Å². The van der Waals surface area contributed by atoms with E-state index in [0.717, 1.165) is 15.8 Å². The average molecular weight is 346 g/mol. The summed E-state index contributed by atoms with van der Waals surface area (Å²) < 4.78 is 14.3. The van der Waals surface area contributed by atoms with Gasteiger partial charge in [-0.1, -0.05) is 46.3 Å². The Balaban J connectivity index is 2.13. The lowest BCUT2D eigenvalue weighted by molar-refractivity contribution is -0.128. The van der Waals surface area contributed by atoms with Crippen LogP contribution in [0.4, 0.5) is 4.39 Å². The summed E-state index contributed by atoms with van der Waals surface area (Å²) in [4.78, 5) is 14.2. The summed E-state index contributed by atoms with van der Waals surface area (Å²) in [5.41, 5.74) is 2.44. The Bertz CT molecular complexity index is 730. The summed E-state index contributed by atoms with van der Waals surface area (Å²) in [6.45, 7) is 0.